The number of ether oxygens (including phenoxy) is 1. The number of likely N-dealkylation sites (N-methyl/N-ethyl adjacent to an activating group) is 1. The van der Waals surface area contributed by atoms with Crippen LogP contribution in [-0.2, 0) is 4.79 Å². The molecule has 1 aromatic heterocycles. The summed E-state index contributed by atoms with van der Waals surface area (Å²) < 4.78 is 5.12. The zero-order chi connectivity index (χ0) is 13.1. The van der Waals surface area contributed by atoms with Crippen molar-refractivity contribution in [3.8, 4) is 5.75 Å². The van der Waals surface area contributed by atoms with Crippen molar-refractivity contribution < 1.29 is 14.6 Å². The summed E-state index contributed by atoms with van der Waals surface area (Å²) in [5.41, 5.74) is 0.719. The van der Waals surface area contributed by atoms with Crippen molar-refractivity contribution in [2.24, 2.45) is 0 Å². The van der Waals surface area contributed by atoms with E-state index in [1.165, 1.54) is 6.33 Å². The molecular formula is C12H13N3O3. The Kier molecular flexibility index (Phi) is 3.27. The second-order valence-electron chi connectivity index (χ2n) is 3.83. The summed E-state index contributed by atoms with van der Waals surface area (Å²) in [5.74, 6) is 0.385. The summed E-state index contributed by atoms with van der Waals surface area (Å²) in [5, 5.41) is 9.59. The Morgan fingerprint density at radius 3 is 2.89 bits per heavy atom. The van der Waals surface area contributed by atoms with E-state index in [2.05, 4.69) is 9.97 Å². The molecule has 6 heteroatoms. The van der Waals surface area contributed by atoms with Gasteiger partial charge in [0.1, 0.15) is 24.4 Å². The summed E-state index contributed by atoms with van der Waals surface area (Å²) in [6.07, 6.45) is 1.41. The number of carboxylic acids is 1. The molecule has 0 atom stereocenters. The lowest BCUT2D eigenvalue weighted by molar-refractivity contribution is -0.135. The lowest BCUT2D eigenvalue weighted by atomic mass is 10.2. The number of benzene rings is 1. The highest BCUT2D eigenvalue weighted by Crippen LogP contribution is 2.25. The first-order valence-corrected chi connectivity index (χ1v) is 5.33. The fourth-order valence-electron chi connectivity index (χ4n) is 1.73. The second kappa shape index (κ2) is 4.87. The van der Waals surface area contributed by atoms with Crippen molar-refractivity contribution in [2.75, 3.05) is 25.6 Å². The predicted octanol–water partition coefficient (Wildman–Crippen LogP) is 1.16. The van der Waals surface area contributed by atoms with Crippen molar-refractivity contribution in [1.82, 2.24) is 9.97 Å². The van der Waals surface area contributed by atoms with Crippen LogP contribution in [0, 0.1) is 0 Å². The Hall–Kier alpha value is -2.37. The van der Waals surface area contributed by atoms with Crippen LogP contribution in [0.5, 0.6) is 5.75 Å². The maximum absolute atomic E-state index is 10.7. The van der Waals surface area contributed by atoms with Crippen molar-refractivity contribution >= 4 is 22.7 Å². The topological polar surface area (TPSA) is 75.5 Å². The van der Waals surface area contributed by atoms with Crippen molar-refractivity contribution in [2.45, 2.75) is 0 Å². The van der Waals surface area contributed by atoms with E-state index < -0.39 is 5.97 Å². The maximum atomic E-state index is 10.7. The Morgan fingerprint density at radius 2 is 2.22 bits per heavy atom. The quantitative estimate of drug-likeness (QED) is 0.873. The number of rotatable bonds is 4. The SMILES string of the molecule is COc1ccc2c(N(C)CC(=O)O)ncnc2c1. The lowest BCUT2D eigenvalue weighted by Crippen LogP contribution is -2.26. The van der Waals surface area contributed by atoms with E-state index in [0.717, 1.165) is 10.9 Å². The van der Waals surface area contributed by atoms with E-state index in [4.69, 9.17) is 9.84 Å². The van der Waals surface area contributed by atoms with Crippen LogP contribution in [0.25, 0.3) is 10.9 Å². The third-order valence-corrected chi connectivity index (χ3v) is 2.56. The molecule has 0 aliphatic carbocycles. The normalized spacial score (nSPS) is 10.3. The van der Waals surface area contributed by atoms with E-state index in [1.54, 1.807) is 31.2 Å². The van der Waals surface area contributed by atoms with Gasteiger partial charge in [-0.2, -0.15) is 0 Å². The largest absolute Gasteiger partial charge is 0.497 e. The minimum Gasteiger partial charge on any atom is -0.497 e. The molecule has 1 N–H and O–H groups in total. The summed E-state index contributed by atoms with van der Waals surface area (Å²) in [6.45, 7) is -0.113. The Bertz CT molecular complexity index is 586. The predicted molar refractivity (Wildman–Crippen MR) is 67.0 cm³/mol. The first-order valence-electron chi connectivity index (χ1n) is 5.33. The molecule has 1 heterocycles. The second-order valence-corrected chi connectivity index (χ2v) is 3.83. The number of aliphatic carboxylic acids is 1. The van der Waals surface area contributed by atoms with Crippen molar-refractivity contribution in [3.05, 3.63) is 24.5 Å². The Labute approximate surface area is 104 Å². The first kappa shape index (κ1) is 12.1. The minimum atomic E-state index is -0.905. The number of fused-ring (bicyclic) bond motifs is 1. The average molecular weight is 247 g/mol. The molecule has 0 unspecified atom stereocenters. The molecule has 1 aromatic carbocycles. The third kappa shape index (κ3) is 2.32. The molecule has 0 spiro atoms. The van der Waals surface area contributed by atoms with E-state index in [9.17, 15) is 4.79 Å². The molecule has 0 radical (unpaired) electrons. The highest BCUT2D eigenvalue weighted by Gasteiger charge is 2.11. The number of methoxy groups -OCH3 is 1. The third-order valence-electron chi connectivity index (χ3n) is 2.56. The highest BCUT2D eigenvalue weighted by atomic mass is 16.5. The van der Waals surface area contributed by atoms with Gasteiger partial charge in [-0.1, -0.05) is 0 Å². The minimum absolute atomic E-state index is 0.113. The molecule has 0 amide bonds. The summed E-state index contributed by atoms with van der Waals surface area (Å²) in [6, 6.07) is 5.40. The van der Waals surface area contributed by atoms with E-state index in [0.29, 0.717) is 11.6 Å². The van der Waals surface area contributed by atoms with Crippen molar-refractivity contribution in [1.29, 1.82) is 0 Å². The van der Waals surface area contributed by atoms with Gasteiger partial charge in [-0.05, 0) is 12.1 Å². The molecule has 18 heavy (non-hydrogen) atoms. The van der Waals surface area contributed by atoms with Gasteiger partial charge in [0, 0.05) is 18.5 Å². The van der Waals surface area contributed by atoms with Gasteiger partial charge in [0.25, 0.3) is 0 Å². The molecule has 0 saturated heterocycles. The zero-order valence-corrected chi connectivity index (χ0v) is 10.1. The Morgan fingerprint density at radius 1 is 1.44 bits per heavy atom. The molecular weight excluding hydrogens is 234 g/mol. The number of anilines is 1. The number of aromatic nitrogens is 2. The van der Waals surface area contributed by atoms with Gasteiger partial charge in [0.15, 0.2) is 0 Å². The van der Waals surface area contributed by atoms with Crippen molar-refractivity contribution in [3.63, 3.8) is 0 Å². The van der Waals surface area contributed by atoms with Gasteiger partial charge in [-0.15, -0.1) is 0 Å². The molecule has 0 aliphatic rings. The molecule has 6 nitrogen and oxygen atoms in total. The maximum Gasteiger partial charge on any atom is 0.323 e. The van der Waals surface area contributed by atoms with Gasteiger partial charge in [-0.3, -0.25) is 4.79 Å². The summed E-state index contributed by atoms with van der Waals surface area (Å²) in [7, 11) is 3.26. The van der Waals surface area contributed by atoms with Crippen LogP contribution in [0.15, 0.2) is 24.5 Å². The van der Waals surface area contributed by atoms with Gasteiger partial charge in [0.05, 0.1) is 12.6 Å². The Balaban J connectivity index is 2.48. The standard InChI is InChI=1S/C12H13N3O3/c1-15(6-11(16)17)12-9-4-3-8(18-2)5-10(9)13-7-14-12/h3-5,7H,6H2,1-2H3,(H,16,17). The zero-order valence-electron chi connectivity index (χ0n) is 10.1. The molecule has 0 fully saturated rings. The number of carbonyl (C=O) groups is 1. The summed E-state index contributed by atoms with van der Waals surface area (Å²) in [4.78, 5) is 20.6. The molecule has 94 valence electrons. The van der Waals surface area contributed by atoms with Crippen LogP contribution in [0.4, 0.5) is 5.82 Å². The van der Waals surface area contributed by atoms with E-state index in [1.807, 2.05) is 6.07 Å². The monoisotopic (exact) mass is 247 g/mol. The highest BCUT2D eigenvalue weighted by molar-refractivity contribution is 5.91. The average Bonchev–Trinajstić information content (AvgIpc) is 2.36. The van der Waals surface area contributed by atoms with Crippen LogP contribution in [0.3, 0.4) is 0 Å². The smallest absolute Gasteiger partial charge is 0.323 e. The van der Waals surface area contributed by atoms with Gasteiger partial charge >= 0.3 is 5.97 Å². The number of carboxylic acid groups (broad SMARTS) is 1. The van der Waals surface area contributed by atoms with E-state index >= 15 is 0 Å². The van der Waals surface area contributed by atoms with Crippen LogP contribution in [-0.4, -0.2) is 41.7 Å². The number of hydrogen-bond donors (Lipinski definition) is 1. The summed E-state index contributed by atoms with van der Waals surface area (Å²) >= 11 is 0. The molecule has 2 aromatic rings. The number of hydrogen-bond acceptors (Lipinski definition) is 5. The van der Waals surface area contributed by atoms with E-state index in [-0.39, 0.29) is 6.54 Å². The van der Waals surface area contributed by atoms with Crippen LogP contribution in [0.1, 0.15) is 0 Å². The van der Waals surface area contributed by atoms with Gasteiger partial charge in [-0.25, -0.2) is 9.97 Å². The van der Waals surface area contributed by atoms with Crippen LogP contribution < -0.4 is 9.64 Å². The lowest BCUT2D eigenvalue weighted by Gasteiger charge is -2.17. The van der Waals surface area contributed by atoms with Crippen LogP contribution in [0.2, 0.25) is 0 Å². The number of nitrogens with zero attached hydrogens (tertiary/aromatic N) is 3. The van der Waals surface area contributed by atoms with Crippen LogP contribution >= 0.6 is 0 Å². The molecule has 0 aliphatic heterocycles. The first-order chi connectivity index (χ1) is 8.61. The van der Waals surface area contributed by atoms with Gasteiger partial charge < -0.3 is 14.7 Å². The fourth-order valence-corrected chi connectivity index (χ4v) is 1.73. The fraction of sp³-hybridized carbons (Fsp3) is 0.250. The molecule has 0 saturated carbocycles. The molecule has 0 bridgehead atoms. The molecule has 2 rings (SSSR count). The van der Waals surface area contributed by atoms with Gasteiger partial charge in [0.2, 0.25) is 0 Å².